The number of hydrogen-bond donors (Lipinski definition) is 0. The quantitative estimate of drug-likeness (QED) is 0.741. The van der Waals surface area contributed by atoms with Gasteiger partial charge in [0.05, 0.1) is 12.8 Å². The summed E-state index contributed by atoms with van der Waals surface area (Å²) in [7, 11) is 3.13. The Labute approximate surface area is 110 Å². The first-order valence-electron chi connectivity index (χ1n) is 5.89. The lowest BCUT2D eigenvalue weighted by Gasteiger charge is -2.09. The molecule has 0 aliphatic heterocycles. The number of carbonyl (C=O) groups excluding carboxylic acids is 1. The number of carbonyl (C=O) groups is 1. The van der Waals surface area contributed by atoms with E-state index in [-0.39, 0.29) is 11.6 Å². The van der Waals surface area contributed by atoms with Gasteiger partial charge in [-0.05, 0) is 5.92 Å². The molecule has 0 radical (unpaired) electrons. The average Bonchev–Trinajstić information content (AvgIpc) is 2.96. The summed E-state index contributed by atoms with van der Waals surface area (Å²) in [5, 5.41) is 11.9. The Morgan fingerprint density at radius 2 is 2.21 bits per heavy atom. The molecule has 8 heteroatoms. The summed E-state index contributed by atoms with van der Waals surface area (Å²) < 4.78 is 8.02. The van der Waals surface area contributed by atoms with Crippen LogP contribution in [0.1, 0.15) is 41.8 Å². The molecule has 0 N–H and O–H groups in total. The fraction of sp³-hybridized carbons (Fsp3) is 0.545. The molecule has 19 heavy (non-hydrogen) atoms. The van der Waals surface area contributed by atoms with Crippen molar-refractivity contribution in [2.75, 3.05) is 7.11 Å². The first kappa shape index (κ1) is 13.2. The van der Waals surface area contributed by atoms with Crippen molar-refractivity contribution in [3.63, 3.8) is 0 Å². The molecule has 0 saturated heterocycles. The van der Waals surface area contributed by atoms with E-state index in [1.165, 1.54) is 13.4 Å². The lowest BCUT2D eigenvalue weighted by molar-refractivity contribution is 0.0592. The van der Waals surface area contributed by atoms with Crippen LogP contribution in [0.2, 0.25) is 0 Å². The summed E-state index contributed by atoms with van der Waals surface area (Å²) in [6.07, 6.45) is 1.47. The van der Waals surface area contributed by atoms with Gasteiger partial charge in [-0.25, -0.2) is 14.5 Å². The number of ether oxygens (including phenoxy) is 1. The lowest BCUT2D eigenvalue weighted by atomic mass is 10.1. The van der Waals surface area contributed by atoms with Gasteiger partial charge < -0.3 is 4.74 Å². The van der Waals surface area contributed by atoms with E-state index in [2.05, 4.69) is 20.4 Å². The molecule has 2 aromatic heterocycles. The number of rotatable bonds is 4. The van der Waals surface area contributed by atoms with Crippen LogP contribution in [-0.4, -0.2) is 42.8 Å². The molecule has 0 aliphatic rings. The summed E-state index contributed by atoms with van der Waals surface area (Å²) in [6, 6.07) is 0. The summed E-state index contributed by atoms with van der Waals surface area (Å²) in [5.41, 5.74) is 0.981. The number of aryl methyl sites for hydroxylation is 1. The van der Waals surface area contributed by atoms with Crippen LogP contribution in [0.3, 0.4) is 0 Å². The van der Waals surface area contributed by atoms with Gasteiger partial charge in [0.1, 0.15) is 18.7 Å². The van der Waals surface area contributed by atoms with Gasteiger partial charge in [-0.1, -0.05) is 19.1 Å². The molecule has 0 amide bonds. The minimum absolute atomic E-state index is 0.0947. The highest BCUT2D eigenvalue weighted by Gasteiger charge is 2.23. The van der Waals surface area contributed by atoms with E-state index in [4.69, 9.17) is 4.74 Å². The van der Waals surface area contributed by atoms with E-state index in [0.717, 1.165) is 11.5 Å². The maximum absolute atomic E-state index is 11.7. The van der Waals surface area contributed by atoms with Crippen molar-refractivity contribution in [3.8, 4) is 0 Å². The van der Waals surface area contributed by atoms with Gasteiger partial charge in [0.15, 0.2) is 5.69 Å². The van der Waals surface area contributed by atoms with Crippen molar-refractivity contribution in [1.82, 2.24) is 29.8 Å². The molecule has 2 aromatic rings. The van der Waals surface area contributed by atoms with Gasteiger partial charge in [-0.3, -0.25) is 4.68 Å². The van der Waals surface area contributed by atoms with Gasteiger partial charge in [0, 0.05) is 7.05 Å². The molecule has 0 bridgehead atoms. The molecule has 0 fully saturated rings. The molecule has 0 atom stereocenters. The Morgan fingerprint density at radius 1 is 1.47 bits per heavy atom. The van der Waals surface area contributed by atoms with Crippen molar-refractivity contribution in [2.24, 2.45) is 7.05 Å². The summed E-state index contributed by atoms with van der Waals surface area (Å²) in [4.78, 5) is 15.8. The smallest absolute Gasteiger partial charge is 0.360 e. The van der Waals surface area contributed by atoms with E-state index < -0.39 is 5.97 Å². The summed E-state index contributed by atoms with van der Waals surface area (Å²) in [5.74, 6) is 0.355. The summed E-state index contributed by atoms with van der Waals surface area (Å²) >= 11 is 0. The maximum Gasteiger partial charge on any atom is 0.360 e. The van der Waals surface area contributed by atoms with Crippen LogP contribution >= 0.6 is 0 Å². The molecular weight excluding hydrogens is 248 g/mol. The van der Waals surface area contributed by atoms with Crippen molar-refractivity contribution < 1.29 is 9.53 Å². The molecule has 2 rings (SSSR count). The second-order valence-corrected chi connectivity index (χ2v) is 4.43. The topological polar surface area (TPSA) is 87.7 Å². The van der Waals surface area contributed by atoms with E-state index in [1.54, 1.807) is 16.4 Å². The highest BCUT2D eigenvalue weighted by Crippen LogP contribution is 2.18. The van der Waals surface area contributed by atoms with Crippen LogP contribution in [0, 0.1) is 0 Å². The number of hydrogen-bond acceptors (Lipinski definition) is 6. The zero-order chi connectivity index (χ0) is 14.0. The van der Waals surface area contributed by atoms with Crippen molar-refractivity contribution in [3.05, 3.63) is 23.5 Å². The second kappa shape index (κ2) is 5.17. The molecule has 0 spiro atoms. The number of methoxy groups -OCH3 is 1. The van der Waals surface area contributed by atoms with E-state index >= 15 is 0 Å². The second-order valence-electron chi connectivity index (χ2n) is 4.43. The molecule has 0 saturated carbocycles. The van der Waals surface area contributed by atoms with E-state index in [0.29, 0.717) is 6.54 Å². The zero-order valence-corrected chi connectivity index (χ0v) is 11.4. The SMILES string of the molecule is COC(=O)c1nnn(Cc2ncnn2C)c1C(C)C. The van der Waals surface area contributed by atoms with Crippen LogP contribution in [-0.2, 0) is 18.3 Å². The molecule has 2 heterocycles. The maximum atomic E-state index is 11.7. The van der Waals surface area contributed by atoms with Crippen LogP contribution in [0.4, 0.5) is 0 Å². The highest BCUT2D eigenvalue weighted by molar-refractivity contribution is 5.88. The third kappa shape index (κ3) is 2.47. The van der Waals surface area contributed by atoms with Crippen LogP contribution in [0.5, 0.6) is 0 Å². The monoisotopic (exact) mass is 264 g/mol. The highest BCUT2D eigenvalue weighted by atomic mass is 16.5. The Balaban J connectivity index is 2.38. The zero-order valence-electron chi connectivity index (χ0n) is 11.4. The third-order valence-corrected chi connectivity index (χ3v) is 2.80. The number of esters is 1. The normalized spacial score (nSPS) is 11.0. The molecule has 102 valence electrons. The third-order valence-electron chi connectivity index (χ3n) is 2.80. The predicted octanol–water partition coefficient (Wildman–Crippen LogP) is 0.365. The minimum atomic E-state index is -0.479. The fourth-order valence-electron chi connectivity index (χ4n) is 1.85. The molecule has 0 aliphatic carbocycles. The van der Waals surface area contributed by atoms with Gasteiger partial charge in [0.25, 0.3) is 0 Å². The lowest BCUT2D eigenvalue weighted by Crippen LogP contribution is -2.14. The molecular formula is C11H16N6O2. The Kier molecular flexibility index (Phi) is 3.59. The predicted molar refractivity (Wildman–Crippen MR) is 65.6 cm³/mol. The minimum Gasteiger partial charge on any atom is -0.464 e. The number of nitrogens with zero attached hydrogens (tertiary/aromatic N) is 6. The Morgan fingerprint density at radius 3 is 2.74 bits per heavy atom. The first-order chi connectivity index (χ1) is 9.04. The van der Waals surface area contributed by atoms with Gasteiger partial charge in [-0.15, -0.1) is 5.10 Å². The van der Waals surface area contributed by atoms with Crippen molar-refractivity contribution in [1.29, 1.82) is 0 Å². The molecule has 0 aromatic carbocycles. The van der Waals surface area contributed by atoms with Crippen LogP contribution < -0.4 is 0 Å². The van der Waals surface area contributed by atoms with Crippen molar-refractivity contribution >= 4 is 5.97 Å². The van der Waals surface area contributed by atoms with E-state index in [9.17, 15) is 4.79 Å². The van der Waals surface area contributed by atoms with Crippen LogP contribution in [0.25, 0.3) is 0 Å². The largest absolute Gasteiger partial charge is 0.464 e. The standard InChI is InChI=1S/C11H16N6O2/c1-7(2)10-9(11(18)19-4)14-15-17(10)5-8-12-6-13-16(8)3/h6-7H,5H2,1-4H3. The van der Waals surface area contributed by atoms with Gasteiger partial charge in [-0.2, -0.15) is 5.10 Å². The Hall–Kier alpha value is -2.25. The van der Waals surface area contributed by atoms with Crippen molar-refractivity contribution in [2.45, 2.75) is 26.3 Å². The molecule has 8 nitrogen and oxygen atoms in total. The number of aromatic nitrogens is 6. The van der Waals surface area contributed by atoms with Gasteiger partial charge in [0.2, 0.25) is 0 Å². The fourth-order valence-corrected chi connectivity index (χ4v) is 1.85. The Bertz CT molecular complexity index is 586. The van der Waals surface area contributed by atoms with Crippen LogP contribution in [0.15, 0.2) is 6.33 Å². The first-order valence-corrected chi connectivity index (χ1v) is 5.89. The average molecular weight is 264 g/mol. The summed E-state index contributed by atoms with van der Waals surface area (Å²) in [6.45, 7) is 4.35. The molecule has 0 unspecified atom stereocenters. The van der Waals surface area contributed by atoms with Gasteiger partial charge >= 0.3 is 5.97 Å². The van der Waals surface area contributed by atoms with E-state index in [1.807, 2.05) is 13.8 Å².